The number of carbonyl (C=O) groups excluding carboxylic acids is 1. The Labute approximate surface area is 101 Å². The van der Waals surface area contributed by atoms with Gasteiger partial charge in [-0.1, -0.05) is 15.9 Å². The second kappa shape index (κ2) is 4.06. The van der Waals surface area contributed by atoms with E-state index >= 15 is 0 Å². The maximum atomic E-state index is 11.3. The molecule has 0 aliphatic carbocycles. The van der Waals surface area contributed by atoms with Crippen molar-refractivity contribution in [3.8, 4) is 0 Å². The van der Waals surface area contributed by atoms with Crippen molar-refractivity contribution in [2.75, 3.05) is 16.8 Å². The largest absolute Gasteiger partial charge is 0.370 e. The van der Waals surface area contributed by atoms with Crippen molar-refractivity contribution >= 4 is 39.3 Å². The maximum Gasteiger partial charge on any atom is 0.244 e. The van der Waals surface area contributed by atoms with E-state index in [1.807, 2.05) is 24.3 Å². The Morgan fingerprint density at radius 1 is 1.40 bits per heavy atom. The fourth-order valence-corrected chi connectivity index (χ4v) is 2.70. The minimum Gasteiger partial charge on any atom is -0.370 e. The van der Waals surface area contributed by atoms with Crippen molar-refractivity contribution in [2.24, 2.45) is 5.73 Å². The van der Waals surface area contributed by atoms with Crippen molar-refractivity contribution in [3.05, 3.63) is 28.7 Å². The highest BCUT2D eigenvalue weighted by Gasteiger charge is 2.43. The molecule has 3 N–H and O–H groups in total. The lowest BCUT2D eigenvalue weighted by molar-refractivity contribution is -0.121. The Bertz CT molecular complexity index is 376. The van der Waals surface area contributed by atoms with Gasteiger partial charge in [-0.15, -0.1) is 0 Å². The van der Waals surface area contributed by atoms with E-state index in [1.165, 1.54) is 0 Å². The Morgan fingerprint density at radius 3 is 2.40 bits per heavy atom. The summed E-state index contributed by atoms with van der Waals surface area (Å²) in [5.74, 6) is 1.22. The molecular weight excluding hydrogens is 276 g/mol. The predicted molar refractivity (Wildman–Crippen MR) is 67.0 cm³/mol. The van der Waals surface area contributed by atoms with E-state index in [4.69, 9.17) is 5.73 Å². The van der Waals surface area contributed by atoms with Gasteiger partial charge in [0.1, 0.15) is 5.54 Å². The molecule has 0 unspecified atom stereocenters. The van der Waals surface area contributed by atoms with Crippen LogP contribution >= 0.6 is 27.7 Å². The summed E-state index contributed by atoms with van der Waals surface area (Å²) >= 11 is 5.08. The van der Waals surface area contributed by atoms with Gasteiger partial charge in [0.15, 0.2) is 0 Å². The molecule has 1 aliphatic rings. The van der Waals surface area contributed by atoms with E-state index < -0.39 is 5.54 Å². The molecule has 15 heavy (non-hydrogen) atoms. The molecule has 1 aliphatic heterocycles. The SMILES string of the molecule is NC(=O)C1(Nc2ccc(Br)cc2)CSC1. The molecule has 5 heteroatoms. The molecule has 0 aromatic heterocycles. The van der Waals surface area contributed by atoms with Gasteiger partial charge >= 0.3 is 0 Å². The Morgan fingerprint density at radius 2 is 2.00 bits per heavy atom. The van der Waals surface area contributed by atoms with E-state index in [0.29, 0.717) is 0 Å². The summed E-state index contributed by atoms with van der Waals surface area (Å²) in [6, 6.07) is 7.72. The molecule has 1 heterocycles. The van der Waals surface area contributed by atoms with Crippen LogP contribution in [0.2, 0.25) is 0 Å². The molecule has 0 atom stereocenters. The summed E-state index contributed by atoms with van der Waals surface area (Å²) in [4.78, 5) is 11.3. The Balaban J connectivity index is 2.13. The highest BCUT2D eigenvalue weighted by Crippen LogP contribution is 2.33. The zero-order valence-corrected chi connectivity index (χ0v) is 10.4. The number of primary amides is 1. The molecular formula is C10H11BrN2OS. The van der Waals surface area contributed by atoms with Crippen molar-refractivity contribution in [3.63, 3.8) is 0 Å². The zero-order valence-electron chi connectivity index (χ0n) is 8.00. The normalized spacial score (nSPS) is 17.9. The zero-order chi connectivity index (χ0) is 10.9. The lowest BCUT2D eigenvalue weighted by Gasteiger charge is -2.39. The van der Waals surface area contributed by atoms with Crippen molar-refractivity contribution in [2.45, 2.75) is 5.54 Å². The van der Waals surface area contributed by atoms with Gasteiger partial charge < -0.3 is 11.1 Å². The molecule has 1 saturated heterocycles. The lowest BCUT2D eigenvalue weighted by atomic mass is 10.0. The van der Waals surface area contributed by atoms with Crippen LogP contribution in [0.4, 0.5) is 5.69 Å². The van der Waals surface area contributed by atoms with E-state index in [9.17, 15) is 4.79 Å². The second-order valence-corrected chi connectivity index (χ2v) is 5.47. The lowest BCUT2D eigenvalue weighted by Crippen LogP contribution is -2.60. The van der Waals surface area contributed by atoms with Gasteiger partial charge in [0.25, 0.3) is 0 Å². The topological polar surface area (TPSA) is 55.1 Å². The number of anilines is 1. The molecule has 1 amide bonds. The fraction of sp³-hybridized carbons (Fsp3) is 0.300. The molecule has 80 valence electrons. The van der Waals surface area contributed by atoms with Crippen LogP contribution in [0.15, 0.2) is 28.7 Å². The van der Waals surface area contributed by atoms with E-state index in [2.05, 4.69) is 21.2 Å². The van der Waals surface area contributed by atoms with Gasteiger partial charge in [-0.2, -0.15) is 11.8 Å². The number of carbonyl (C=O) groups is 1. The van der Waals surface area contributed by atoms with Gasteiger partial charge in [0.05, 0.1) is 0 Å². The second-order valence-electron chi connectivity index (χ2n) is 3.57. The molecule has 0 radical (unpaired) electrons. The first kappa shape index (κ1) is 10.8. The monoisotopic (exact) mass is 286 g/mol. The molecule has 1 fully saturated rings. The third-order valence-electron chi connectivity index (χ3n) is 2.40. The van der Waals surface area contributed by atoms with Crippen LogP contribution in [0.1, 0.15) is 0 Å². The van der Waals surface area contributed by atoms with Crippen molar-refractivity contribution < 1.29 is 4.79 Å². The van der Waals surface area contributed by atoms with Crippen LogP contribution in [0.3, 0.4) is 0 Å². The van der Waals surface area contributed by atoms with Crippen LogP contribution in [-0.2, 0) is 4.79 Å². The van der Waals surface area contributed by atoms with Crippen LogP contribution < -0.4 is 11.1 Å². The van der Waals surface area contributed by atoms with Crippen LogP contribution in [0.25, 0.3) is 0 Å². The summed E-state index contributed by atoms with van der Waals surface area (Å²) in [5, 5.41) is 3.20. The number of nitrogens with one attached hydrogen (secondary N) is 1. The van der Waals surface area contributed by atoms with E-state index in [-0.39, 0.29) is 5.91 Å². The summed E-state index contributed by atoms with van der Waals surface area (Å²) in [6.45, 7) is 0. The molecule has 1 aromatic carbocycles. The van der Waals surface area contributed by atoms with Gasteiger partial charge in [0, 0.05) is 21.7 Å². The van der Waals surface area contributed by atoms with Crippen molar-refractivity contribution in [1.82, 2.24) is 0 Å². The summed E-state index contributed by atoms with van der Waals surface area (Å²) in [6.07, 6.45) is 0. The number of halogens is 1. The summed E-state index contributed by atoms with van der Waals surface area (Å²) in [5.41, 5.74) is 5.77. The standard InChI is InChI=1S/C10H11BrN2OS/c11-7-1-3-8(4-2-7)13-10(9(12)14)5-15-6-10/h1-4,13H,5-6H2,(H2,12,14). The molecule has 0 saturated carbocycles. The first-order valence-corrected chi connectivity index (χ1v) is 6.49. The van der Waals surface area contributed by atoms with Gasteiger partial charge in [-0.25, -0.2) is 0 Å². The quantitative estimate of drug-likeness (QED) is 0.891. The van der Waals surface area contributed by atoms with Gasteiger partial charge in [-0.3, -0.25) is 4.79 Å². The predicted octanol–water partition coefficient (Wildman–Crippen LogP) is 1.83. The molecule has 0 spiro atoms. The average molecular weight is 287 g/mol. The van der Waals surface area contributed by atoms with Gasteiger partial charge in [0.2, 0.25) is 5.91 Å². The molecule has 0 bridgehead atoms. The van der Waals surface area contributed by atoms with Crippen LogP contribution in [0.5, 0.6) is 0 Å². The van der Waals surface area contributed by atoms with Gasteiger partial charge in [-0.05, 0) is 24.3 Å². The number of amides is 1. The number of rotatable bonds is 3. The number of hydrogen-bond acceptors (Lipinski definition) is 3. The van der Waals surface area contributed by atoms with E-state index in [1.54, 1.807) is 11.8 Å². The number of benzene rings is 1. The highest BCUT2D eigenvalue weighted by molar-refractivity contribution is 9.10. The van der Waals surface area contributed by atoms with E-state index in [0.717, 1.165) is 21.7 Å². The first-order valence-electron chi connectivity index (χ1n) is 4.54. The smallest absolute Gasteiger partial charge is 0.244 e. The third-order valence-corrected chi connectivity index (χ3v) is 4.32. The summed E-state index contributed by atoms with van der Waals surface area (Å²) < 4.78 is 1.02. The molecule has 2 rings (SSSR count). The Kier molecular flexibility index (Phi) is 2.93. The average Bonchev–Trinajstić information content (AvgIpc) is 2.13. The molecule has 1 aromatic rings. The maximum absolute atomic E-state index is 11.3. The highest BCUT2D eigenvalue weighted by atomic mass is 79.9. The third kappa shape index (κ3) is 2.13. The minimum atomic E-state index is -0.543. The first-order chi connectivity index (χ1) is 7.12. The summed E-state index contributed by atoms with van der Waals surface area (Å²) in [7, 11) is 0. The minimum absolute atomic E-state index is 0.274. The number of hydrogen-bond donors (Lipinski definition) is 2. The van der Waals surface area contributed by atoms with Crippen LogP contribution in [-0.4, -0.2) is 23.0 Å². The fourth-order valence-electron chi connectivity index (χ4n) is 1.39. The van der Waals surface area contributed by atoms with Crippen LogP contribution in [0, 0.1) is 0 Å². The molecule has 3 nitrogen and oxygen atoms in total. The number of nitrogens with two attached hydrogens (primary N) is 1. The Hall–Kier alpha value is -0.680. The van der Waals surface area contributed by atoms with Crippen molar-refractivity contribution in [1.29, 1.82) is 0 Å². The number of thioether (sulfide) groups is 1.